The first-order valence-corrected chi connectivity index (χ1v) is 8.54. The Kier molecular flexibility index (Phi) is 3.44. The van der Waals surface area contributed by atoms with Crippen LogP contribution in [-0.4, -0.2) is 27.0 Å². The summed E-state index contributed by atoms with van der Waals surface area (Å²) >= 11 is 0. The normalized spacial score (nSPS) is 29.6. The molecule has 1 heterocycles. The molecule has 1 rings (SSSR count). The molecule has 2 unspecified atom stereocenters. The molecule has 2 nitrogen and oxygen atoms in total. The maximum atomic E-state index is 6.31. The van der Waals surface area contributed by atoms with Gasteiger partial charge < -0.3 is 9.74 Å². The molecule has 0 bridgehead atoms. The third kappa shape index (κ3) is 2.81. The molecular weight excluding hydrogens is 190 g/mol. The molecule has 1 fully saturated rings. The van der Waals surface area contributed by atoms with Gasteiger partial charge in [0.2, 0.25) is 0 Å². The van der Waals surface area contributed by atoms with Gasteiger partial charge in [-0.3, -0.25) is 0 Å². The molecule has 1 N–H and O–H groups in total. The summed E-state index contributed by atoms with van der Waals surface area (Å²) in [5.41, 5.74) is 0. The van der Waals surface area contributed by atoms with Gasteiger partial charge in [0.1, 0.15) is 0 Å². The Hall–Kier alpha value is 0.137. The van der Waals surface area contributed by atoms with Gasteiger partial charge in [-0.2, -0.15) is 0 Å². The van der Waals surface area contributed by atoms with E-state index in [4.69, 9.17) is 4.43 Å². The lowest BCUT2D eigenvalue weighted by atomic mass is 10.2. The first-order chi connectivity index (χ1) is 6.22. The van der Waals surface area contributed by atoms with Crippen molar-refractivity contribution in [2.75, 3.05) is 6.54 Å². The highest BCUT2D eigenvalue weighted by Gasteiger charge is 2.40. The molecule has 1 aliphatic heterocycles. The fraction of sp³-hybridized carbons (Fsp3) is 1.00. The first-order valence-electron chi connectivity index (χ1n) is 5.63. The van der Waals surface area contributed by atoms with Gasteiger partial charge in [0.25, 0.3) is 0 Å². The fourth-order valence-corrected chi connectivity index (χ4v) is 2.94. The van der Waals surface area contributed by atoms with E-state index in [0.29, 0.717) is 17.2 Å². The van der Waals surface area contributed by atoms with Crippen molar-refractivity contribution in [2.45, 2.75) is 64.4 Å². The maximum Gasteiger partial charge on any atom is 0.192 e. The minimum Gasteiger partial charge on any atom is -0.413 e. The Morgan fingerprint density at radius 1 is 1.29 bits per heavy atom. The molecule has 1 saturated heterocycles. The molecule has 84 valence electrons. The average molecular weight is 215 g/mol. The Balaban J connectivity index is 2.51. The third-order valence-corrected chi connectivity index (χ3v) is 8.11. The van der Waals surface area contributed by atoms with Gasteiger partial charge >= 0.3 is 0 Å². The summed E-state index contributed by atoms with van der Waals surface area (Å²) in [7, 11) is -1.54. The molecule has 3 heteroatoms. The van der Waals surface area contributed by atoms with Crippen molar-refractivity contribution in [1.29, 1.82) is 0 Å². The molecular formula is C11H25NOSi. The van der Waals surface area contributed by atoms with Crippen molar-refractivity contribution >= 4 is 8.32 Å². The lowest BCUT2D eigenvalue weighted by Crippen LogP contribution is -2.44. The zero-order valence-corrected chi connectivity index (χ0v) is 11.5. The monoisotopic (exact) mass is 215 g/mol. The van der Waals surface area contributed by atoms with E-state index in [0.717, 1.165) is 6.54 Å². The fourth-order valence-electron chi connectivity index (χ4n) is 1.58. The number of rotatable bonds is 2. The molecule has 0 aliphatic carbocycles. The van der Waals surface area contributed by atoms with Crippen molar-refractivity contribution < 1.29 is 4.43 Å². The lowest BCUT2D eigenvalue weighted by molar-refractivity contribution is 0.198. The van der Waals surface area contributed by atoms with Gasteiger partial charge in [-0.05, 0) is 31.5 Å². The molecule has 2 atom stereocenters. The van der Waals surface area contributed by atoms with Crippen molar-refractivity contribution in [3.8, 4) is 0 Å². The lowest BCUT2D eigenvalue weighted by Gasteiger charge is -2.38. The van der Waals surface area contributed by atoms with Gasteiger partial charge in [-0.1, -0.05) is 20.8 Å². The topological polar surface area (TPSA) is 21.3 Å². The van der Waals surface area contributed by atoms with Crippen LogP contribution in [0, 0.1) is 0 Å². The van der Waals surface area contributed by atoms with Crippen molar-refractivity contribution in [2.24, 2.45) is 0 Å². The maximum absolute atomic E-state index is 6.31. The molecule has 0 aromatic rings. The van der Waals surface area contributed by atoms with Crippen LogP contribution in [0.3, 0.4) is 0 Å². The quantitative estimate of drug-likeness (QED) is 0.715. The molecule has 0 amide bonds. The van der Waals surface area contributed by atoms with Gasteiger partial charge in [0, 0.05) is 12.6 Å². The summed E-state index contributed by atoms with van der Waals surface area (Å²) in [5, 5.41) is 3.77. The Labute approximate surface area is 89.6 Å². The minimum absolute atomic E-state index is 0.332. The molecule has 0 saturated carbocycles. The van der Waals surface area contributed by atoms with E-state index in [2.05, 4.69) is 46.1 Å². The summed E-state index contributed by atoms with van der Waals surface area (Å²) in [5.74, 6) is 0. The van der Waals surface area contributed by atoms with Gasteiger partial charge in [-0.25, -0.2) is 0 Å². The Morgan fingerprint density at radius 2 is 1.86 bits per heavy atom. The Morgan fingerprint density at radius 3 is 2.21 bits per heavy atom. The molecule has 0 radical (unpaired) electrons. The number of hydrogen-bond donors (Lipinski definition) is 1. The first kappa shape index (κ1) is 12.2. The van der Waals surface area contributed by atoms with E-state index in [1.807, 2.05) is 0 Å². The predicted octanol–water partition coefficient (Wildman–Crippen LogP) is 2.76. The van der Waals surface area contributed by atoms with Crippen LogP contribution in [0.5, 0.6) is 0 Å². The smallest absolute Gasteiger partial charge is 0.192 e. The van der Waals surface area contributed by atoms with E-state index >= 15 is 0 Å². The third-order valence-electron chi connectivity index (χ3n) is 3.58. The van der Waals surface area contributed by atoms with Crippen molar-refractivity contribution in [3.63, 3.8) is 0 Å². The number of nitrogens with one attached hydrogen (secondary N) is 1. The van der Waals surface area contributed by atoms with Gasteiger partial charge in [0.15, 0.2) is 8.32 Å². The highest BCUT2D eigenvalue weighted by atomic mass is 28.4. The molecule has 14 heavy (non-hydrogen) atoms. The molecule has 0 aromatic heterocycles. The average Bonchev–Trinajstić information content (AvgIpc) is 2.31. The van der Waals surface area contributed by atoms with Crippen LogP contribution in [0.4, 0.5) is 0 Å². The van der Waals surface area contributed by atoms with E-state index in [1.54, 1.807) is 0 Å². The summed E-state index contributed by atoms with van der Waals surface area (Å²) in [4.78, 5) is 0. The summed E-state index contributed by atoms with van der Waals surface area (Å²) in [6.07, 6.45) is 1.62. The predicted molar refractivity (Wildman–Crippen MR) is 64.2 cm³/mol. The summed E-state index contributed by atoms with van der Waals surface area (Å²) < 4.78 is 6.31. The van der Waals surface area contributed by atoms with Gasteiger partial charge in [-0.15, -0.1) is 0 Å². The van der Waals surface area contributed by atoms with Crippen LogP contribution in [0.15, 0.2) is 0 Å². The minimum atomic E-state index is -1.54. The van der Waals surface area contributed by atoms with E-state index in [9.17, 15) is 0 Å². The number of hydrogen-bond acceptors (Lipinski definition) is 2. The highest BCUT2D eigenvalue weighted by molar-refractivity contribution is 6.74. The SMILES string of the molecule is CC1CC(O[Si](C)(C)C(C)(C)C)CN1. The van der Waals surface area contributed by atoms with E-state index in [1.165, 1.54) is 6.42 Å². The van der Waals surface area contributed by atoms with Gasteiger partial charge in [0.05, 0.1) is 6.10 Å². The van der Waals surface area contributed by atoms with Crippen LogP contribution in [0.1, 0.15) is 34.1 Å². The molecule has 1 aliphatic rings. The van der Waals surface area contributed by atoms with Crippen LogP contribution in [0.2, 0.25) is 18.1 Å². The largest absolute Gasteiger partial charge is 0.413 e. The zero-order chi connectivity index (χ0) is 11.0. The standard InChI is InChI=1S/C11H25NOSi/c1-9-7-10(8-12-9)13-14(5,6)11(2,3)4/h9-10,12H,7-8H2,1-6H3. The second-order valence-corrected chi connectivity index (χ2v) is 10.8. The van der Waals surface area contributed by atoms with Crippen LogP contribution >= 0.6 is 0 Å². The van der Waals surface area contributed by atoms with Crippen LogP contribution in [0.25, 0.3) is 0 Å². The second kappa shape index (κ2) is 3.95. The van der Waals surface area contributed by atoms with Crippen LogP contribution in [-0.2, 0) is 4.43 Å². The van der Waals surface area contributed by atoms with E-state index in [-0.39, 0.29) is 0 Å². The molecule has 0 aromatic carbocycles. The summed E-state index contributed by atoms with van der Waals surface area (Å²) in [6, 6.07) is 0.629. The molecule has 0 spiro atoms. The zero-order valence-electron chi connectivity index (χ0n) is 10.5. The summed E-state index contributed by atoms with van der Waals surface area (Å²) in [6.45, 7) is 14.8. The van der Waals surface area contributed by atoms with E-state index < -0.39 is 8.32 Å². The Bertz CT molecular complexity index is 198. The van der Waals surface area contributed by atoms with Crippen molar-refractivity contribution in [1.82, 2.24) is 5.32 Å². The highest BCUT2D eigenvalue weighted by Crippen LogP contribution is 2.38. The second-order valence-electron chi connectivity index (χ2n) is 6.05. The van der Waals surface area contributed by atoms with Crippen molar-refractivity contribution in [3.05, 3.63) is 0 Å². The van der Waals surface area contributed by atoms with Crippen LogP contribution < -0.4 is 5.32 Å².